The molecule has 1 aromatic carbocycles. The number of nitrogens with one attached hydrogen (secondary N) is 2. The molecule has 0 bridgehead atoms. The van der Waals surface area contributed by atoms with E-state index in [1.54, 1.807) is 0 Å². The topological polar surface area (TPSA) is 88.8 Å². The van der Waals surface area contributed by atoms with E-state index in [1.807, 2.05) is 31.2 Å². The average molecular weight is 284 g/mol. The second-order valence-electron chi connectivity index (χ2n) is 4.47. The quantitative estimate of drug-likeness (QED) is 0.716. The van der Waals surface area contributed by atoms with Crippen molar-refractivity contribution in [2.45, 2.75) is 13.3 Å². The van der Waals surface area contributed by atoms with E-state index in [4.69, 9.17) is 4.52 Å². The molecule has 0 unspecified atom stereocenters. The monoisotopic (exact) mass is 284 g/mol. The van der Waals surface area contributed by atoms with Gasteiger partial charge in [-0.15, -0.1) is 0 Å². The highest BCUT2D eigenvalue weighted by molar-refractivity contribution is 5.89. The van der Waals surface area contributed by atoms with Crippen molar-refractivity contribution in [2.75, 3.05) is 23.7 Å². The summed E-state index contributed by atoms with van der Waals surface area (Å²) >= 11 is 0. The Morgan fingerprint density at radius 3 is 2.86 bits per heavy atom. The van der Waals surface area contributed by atoms with Crippen LogP contribution in [0.3, 0.4) is 0 Å². The lowest BCUT2D eigenvalue weighted by molar-refractivity contribution is 0.410. The zero-order valence-corrected chi connectivity index (χ0v) is 11.7. The Bertz CT molecular complexity index is 713. The molecule has 0 atom stereocenters. The van der Waals surface area contributed by atoms with Gasteiger partial charge in [0.15, 0.2) is 5.82 Å². The van der Waals surface area contributed by atoms with E-state index < -0.39 is 0 Å². The van der Waals surface area contributed by atoms with Gasteiger partial charge in [0, 0.05) is 24.9 Å². The summed E-state index contributed by atoms with van der Waals surface area (Å²) in [5.74, 6) is 2.10. The van der Waals surface area contributed by atoms with Gasteiger partial charge in [-0.2, -0.15) is 9.97 Å². The predicted molar refractivity (Wildman–Crippen MR) is 80.2 cm³/mol. The number of rotatable bonds is 6. The van der Waals surface area contributed by atoms with Crippen molar-refractivity contribution in [2.24, 2.45) is 0 Å². The van der Waals surface area contributed by atoms with E-state index in [2.05, 4.69) is 30.7 Å². The molecule has 108 valence electrons. The Morgan fingerprint density at radius 2 is 2.05 bits per heavy atom. The lowest BCUT2D eigenvalue weighted by atomic mass is 10.2. The highest BCUT2D eigenvalue weighted by atomic mass is 16.5. The van der Waals surface area contributed by atoms with E-state index >= 15 is 0 Å². The fourth-order valence-electron chi connectivity index (χ4n) is 2.04. The Kier molecular flexibility index (Phi) is 3.90. The van der Waals surface area contributed by atoms with Gasteiger partial charge >= 0.3 is 0 Å². The number of para-hydroxylation sites is 1. The number of fused-ring (bicyclic) bond motifs is 1. The largest absolute Gasteiger partial charge is 0.369 e. The highest BCUT2D eigenvalue weighted by Crippen LogP contribution is 2.21. The van der Waals surface area contributed by atoms with Crippen molar-refractivity contribution < 1.29 is 4.52 Å². The smallest absolute Gasteiger partial charge is 0.225 e. The molecular formula is C14H16N6O. The van der Waals surface area contributed by atoms with E-state index in [9.17, 15) is 0 Å². The first-order valence-corrected chi connectivity index (χ1v) is 6.86. The Hall–Kier alpha value is -2.70. The first-order chi connectivity index (χ1) is 10.4. The molecule has 7 nitrogen and oxygen atoms in total. The van der Waals surface area contributed by atoms with Crippen LogP contribution in [0.25, 0.3) is 10.9 Å². The van der Waals surface area contributed by atoms with Crippen molar-refractivity contribution in [3.63, 3.8) is 0 Å². The molecule has 2 N–H and O–H groups in total. The van der Waals surface area contributed by atoms with Crippen LogP contribution in [0.4, 0.5) is 11.8 Å². The Morgan fingerprint density at radius 1 is 1.14 bits per heavy atom. The van der Waals surface area contributed by atoms with Gasteiger partial charge in [0.05, 0.1) is 5.52 Å². The molecule has 3 rings (SSSR count). The van der Waals surface area contributed by atoms with E-state index in [-0.39, 0.29) is 0 Å². The Labute approximate surface area is 121 Å². The molecule has 21 heavy (non-hydrogen) atoms. The number of aromatic nitrogens is 4. The van der Waals surface area contributed by atoms with Crippen molar-refractivity contribution in [3.8, 4) is 0 Å². The molecule has 0 aliphatic rings. The SMILES string of the molecule is CCNc1nc(NCCc2ncon2)c2ccccc2n1. The molecule has 0 saturated heterocycles. The molecule has 7 heteroatoms. The maximum absolute atomic E-state index is 4.71. The first kappa shape index (κ1) is 13.3. The van der Waals surface area contributed by atoms with Crippen LogP contribution in [0.15, 0.2) is 35.2 Å². The zero-order valence-electron chi connectivity index (χ0n) is 11.7. The second-order valence-corrected chi connectivity index (χ2v) is 4.47. The molecule has 3 aromatic rings. The standard InChI is InChI=1S/C14H16N6O/c1-2-15-14-18-11-6-4-3-5-10(11)13(19-14)16-8-7-12-17-9-21-20-12/h3-6,9H,2,7-8H2,1H3,(H2,15,16,18,19). The maximum Gasteiger partial charge on any atom is 0.225 e. The van der Waals surface area contributed by atoms with Gasteiger partial charge in [-0.3, -0.25) is 0 Å². The van der Waals surface area contributed by atoms with Gasteiger partial charge in [0.1, 0.15) is 5.82 Å². The number of hydrogen-bond acceptors (Lipinski definition) is 7. The summed E-state index contributed by atoms with van der Waals surface area (Å²) < 4.78 is 4.71. The average Bonchev–Trinajstić information content (AvgIpc) is 3.01. The van der Waals surface area contributed by atoms with Crippen LogP contribution < -0.4 is 10.6 Å². The lowest BCUT2D eigenvalue weighted by Gasteiger charge is -2.10. The number of nitrogens with zero attached hydrogens (tertiary/aromatic N) is 4. The third-order valence-corrected chi connectivity index (χ3v) is 2.99. The molecule has 2 aromatic heterocycles. The fraction of sp³-hybridized carbons (Fsp3) is 0.286. The fourth-order valence-corrected chi connectivity index (χ4v) is 2.04. The number of benzene rings is 1. The van der Waals surface area contributed by atoms with Crippen LogP contribution in [0.5, 0.6) is 0 Å². The molecule has 0 fully saturated rings. The van der Waals surface area contributed by atoms with Crippen LogP contribution in [0, 0.1) is 0 Å². The summed E-state index contributed by atoms with van der Waals surface area (Å²) in [4.78, 5) is 13.0. The minimum absolute atomic E-state index is 0.623. The van der Waals surface area contributed by atoms with Crippen LogP contribution >= 0.6 is 0 Å². The molecule has 0 radical (unpaired) electrons. The molecule has 0 aliphatic heterocycles. The summed E-state index contributed by atoms with van der Waals surface area (Å²) in [5.41, 5.74) is 0.908. The normalized spacial score (nSPS) is 10.7. The van der Waals surface area contributed by atoms with Gasteiger partial charge in [0.2, 0.25) is 12.3 Å². The highest BCUT2D eigenvalue weighted by Gasteiger charge is 2.07. The van der Waals surface area contributed by atoms with E-state index in [0.29, 0.717) is 24.7 Å². The molecule has 2 heterocycles. The van der Waals surface area contributed by atoms with Crippen molar-refractivity contribution in [1.29, 1.82) is 0 Å². The second kappa shape index (κ2) is 6.17. The predicted octanol–water partition coefficient (Wildman–Crippen LogP) is 2.10. The first-order valence-electron chi connectivity index (χ1n) is 6.86. The third kappa shape index (κ3) is 3.07. The summed E-state index contributed by atoms with van der Waals surface area (Å²) in [7, 11) is 0. The molecule has 0 spiro atoms. The van der Waals surface area contributed by atoms with Crippen molar-refractivity contribution in [1.82, 2.24) is 20.1 Å². The summed E-state index contributed by atoms with van der Waals surface area (Å²) in [5, 5.41) is 11.2. The van der Waals surface area contributed by atoms with Gasteiger partial charge in [-0.1, -0.05) is 17.3 Å². The maximum atomic E-state index is 4.71. The van der Waals surface area contributed by atoms with Crippen LogP contribution in [0.2, 0.25) is 0 Å². The van der Waals surface area contributed by atoms with Crippen molar-refractivity contribution >= 4 is 22.7 Å². The van der Waals surface area contributed by atoms with Crippen LogP contribution in [-0.2, 0) is 6.42 Å². The van der Waals surface area contributed by atoms with Gasteiger partial charge in [0.25, 0.3) is 0 Å². The van der Waals surface area contributed by atoms with Crippen LogP contribution in [0.1, 0.15) is 12.7 Å². The minimum Gasteiger partial charge on any atom is -0.369 e. The minimum atomic E-state index is 0.623. The number of hydrogen-bond donors (Lipinski definition) is 2. The van der Waals surface area contributed by atoms with E-state index in [1.165, 1.54) is 6.39 Å². The molecule has 0 aliphatic carbocycles. The van der Waals surface area contributed by atoms with Gasteiger partial charge in [-0.25, -0.2) is 4.98 Å². The Balaban J connectivity index is 1.81. The molecule has 0 saturated carbocycles. The lowest BCUT2D eigenvalue weighted by Crippen LogP contribution is -2.10. The zero-order chi connectivity index (χ0) is 14.5. The van der Waals surface area contributed by atoms with Crippen molar-refractivity contribution in [3.05, 3.63) is 36.5 Å². The molecule has 0 amide bonds. The van der Waals surface area contributed by atoms with Gasteiger partial charge in [-0.05, 0) is 19.1 Å². The number of anilines is 2. The van der Waals surface area contributed by atoms with Gasteiger partial charge < -0.3 is 15.2 Å². The van der Waals surface area contributed by atoms with Crippen LogP contribution in [-0.4, -0.2) is 33.2 Å². The third-order valence-electron chi connectivity index (χ3n) is 2.99. The molecular weight excluding hydrogens is 268 g/mol. The van der Waals surface area contributed by atoms with E-state index in [0.717, 1.165) is 23.3 Å². The summed E-state index contributed by atoms with van der Waals surface area (Å²) in [6.45, 7) is 3.47. The summed E-state index contributed by atoms with van der Waals surface area (Å²) in [6, 6.07) is 7.92. The summed E-state index contributed by atoms with van der Waals surface area (Å²) in [6.07, 6.45) is 2.00.